The van der Waals surface area contributed by atoms with Crippen molar-refractivity contribution in [2.45, 2.75) is 25.0 Å². The molecule has 4 rings (SSSR count). The fourth-order valence-corrected chi connectivity index (χ4v) is 3.88. The van der Waals surface area contributed by atoms with Gasteiger partial charge in [0.25, 0.3) is 5.91 Å². The van der Waals surface area contributed by atoms with E-state index >= 15 is 0 Å². The minimum atomic E-state index is -0.229. The molecule has 2 fully saturated rings. The number of ether oxygens (including phenoxy) is 2. The van der Waals surface area contributed by atoms with Crippen molar-refractivity contribution >= 4 is 5.91 Å². The summed E-state index contributed by atoms with van der Waals surface area (Å²) in [5.41, 5.74) is 0.850. The summed E-state index contributed by atoms with van der Waals surface area (Å²) in [6.45, 7) is 2.80. The molecule has 1 unspecified atom stereocenters. The molecule has 1 spiro atoms. The molecule has 1 aromatic carbocycles. The topological polar surface area (TPSA) is 56.6 Å². The number of benzene rings is 1. The molecule has 27 heavy (non-hydrogen) atoms. The van der Waals surface area contributed by atoms with Crippen molar-refractivity contribution in [3.8, 4) is 0 Å². The van der Waals surface area contributed by atoms with E-state index in [1.807, 2.05) is 6.07 Å². The number of amides is 1. The second-order valence-electron chi connectivity index (χ2n) is 7.53. The summed E-state index contributed by atoms with van der Waals surface area (Å²) in [5, 5.41) is 4.17. The van der Waals surface area contributed by atoms with Crippen LogP contribution in [0.4, 0.5) is 4.39 Å². The highest BCUT2D eigenvalue weighted by molar-refractivity contribution is 5.93. The number of carbonyl (C=O) groups excluding carboxylic acids is 1. The molecule has 0 N–H and O–H groups in total. The summed E-state index contributed by atoms with van der Waals surface area (Å²) in [7, 11) is 1.80. The van der Waals surface area contributed by atoms with Crippen molar-refractivity contribution in [3.63, 3.8) is 0 Å². The first kappa shape index (κ1) is 18.1. The first-order valence-electron chi connectivity index (χ1n) is 9.29. The molecular weight excluding hydrogens is 349 g/mol. The molecule has 2 aliphatic heterocycles. The van der Waals surface area contributed by atoms with Crippen molar-refractivity contribution < 1.29 is 18.7 Å². The second-order valence-corrected chi connectivity index (χ2v) is 7.53. The van der Waals surface area contributed by atoms with Crippen LogP contribution in [-0.4, -0.2) is 52.5 Å². The number of nitrogens with zero attached hydrogens (tertiary/aromatic N) is 3. The summed E-state index contributed by atoms with van der Waals surface area (Å²) in [6.07, 6.45) is 3.58. The lowest BCUT2D eigenvalue weighted by molar-refractivity contribution is -0.0952. The highest BCUT2D eigenvalue weighted by Gasteiger charge is 2.51. The molecule has 0 radical (unpaired) electrons. The Labute approximate surface area is 157 Å². The Morgan fingerprint density at radius 2 is 2.19 bits per heavy atom. The van der Waals surface area contributed by atoms with Crippen molar-refractivity contribution in [1.29, 1.82) is 0 Å². The van der Waals surface area contributed by atoms with Gasteiger partial charge in [0.2, 0.25) is 0 Å². The summed E-state index contributed by atoms with van der Waals surface area (Å²) in [4.78, 5) is 14.2. The Morgan fingerprint density at radius 1 is 1.37 bits per heavy atom. The summed E-state index contributed by atoms with van der Waals surface area (Å²) in [5.74, 6) is 0.145. The van der Waals surface area contributed by atoms with Gasteiger partial charge in [-0.25, -0.2) is 4.39 Å². The maximum absolute atomic E-state index is 13.6. The molecule has 144 valence electrons. The maximum atomic E-state index is 13.6. The molecule has 1 aromatic heterocycles. The van der Waals surface area contributed by atoms with Gasteiger partial charge in [0.1, 0.15) is 17.1 Å². The minimum absolute atomic E-state index is 0.0403. The standard InChI is InChI=1S/C20H24FN3O3/c1-23-8-6-18(22-23)19(25)24-13-20(14-24)10-15(11-27-20)7-9-26-12-16-4-2-3-5-17(16)21/h2-6,8,15H,7,9-14H2,1H3. The summed E-state index contributed by atoms with van der Waals surface area (Å²) in [6, 6.07) is 8.41. The molecule has 1 amide bonds. The Kier molecular flexibility index (Phi) is 4.97. The summed E-state index contributed by atoms with van der Waals surface area (Å²) >= 11 is 0. The van der Waals surface area contributed by atoms with Crippen LogP contribution in [0.3, 0.4) is 0 Å². The molecule has 0 bridgehead atoms. The monoisotopic (exact) mass is 373 g/mol. The Bertz CT molecular complexity index is 816. The molecule has 0 saturated carbocycles. The zero-order chi connectivity index (χ0) is 18.9. The summed E-state index contributed by atoms with van der Waals surface area (Å²) < 4.78 is 26.8. The van der Waals surface area contributed by atoms with Gasteiger partial charge in [0.15, 0.2) is 0 Å². The third-order valence-corrected chi connectivity index (χ3v) is 5.35. The van der Waals surface area contributed by atoms with Gasteiger partial charge in [-0.1, -0.05) is 18.2 Å². The molecule has 2 aromatic rings. The fourth-order valence-electron chi connectivity index (χ4n) is 3.88. The van der Waals surface area contributed by atoms with E-state index in [0.717, 1.165) is 12.8 Å². The lowest BCUT2D eigenvalue weighted by Crippen LogP contribution is -2.63. The quantitative estimate of drug-likeness (QED) is 0.730. The molecule has 2 aliphatic rings. The molecular formula is C20H24FN3O3. The minimum Gasteiger partial charge on any atom is -0.377 e. The number of halogens is 1. The fraction of sp³-hybridized carbons (Fsp3) is 0.500. The van der Waals surface area contributed by atoms with E-state index < -0.39 is 0 Å². The maximum Gasteiger partial charge on any atom is 0.274 e. The predicted molar refractivity (Wildman–Crippen MR) is 96.6 cm³/mol. The van der Waals surface area contributed by atoms with Crippen LogP contribution >= 0.6 is 0 Å². The van der Waals surface area contributed by atoms with Gasteiger partial charge in [0, 0.05) is 25.4 Å². The van der Waals surface area contributed by atoms with Crippen molar-refractivity contribution in [2.24, 2.45) is 13.0 Å². The SMILES string of the molecule is Cn1ccc(C(=O)N2CC3(CC(CCOCc4ccccc4F)CO3)C2)n1. The molecule has 2 saturated heterocycles. The van der Waals surface area contributed by atoms with Crippen LogP contribution < -0.4 is 0 Å². The van der Waals surface area contributed by atoms with E-state index in [1.165, 1.54) is 6.07 Å². The Morgan fingerprint density at radius 3 is 2.93 bits per heavy atom. The van der Waals surface area contributed by atoms with Crippen LogP contribution in [-0.2, 0) is 23.1 Å². The first-order chi connectivity index (χ1) is 13.0. The average Bonchev–Trinajstić information content (AvgIpc) is 3.25. The van der Waals surface area contributed by atoms with Crippen LogP contribution in [0.5, 0.6) is 0 Å². The van der Waals surface area contributed by atoms with Crippen molar-refractivity contribution in [1.82, 2.24) is 14.7 Å². The number of carbonyl (C=O) groups is 1. The first-order valence-corrected chi connectivity index (χ1v) is 9.29. The highest BCUT2D eigenvalue weighted by Crippen LogP contribution is 2.39. The molecule has 6 nitrogen and oxygen atoms in total. The van der Waals surface area contributed by atoms with Crippen LogP contribution in [0.2, 0.25) is 0 Å². The van der Waals surface area contributed by atoms with E-state index in [2.05, 4.69) is 5.10 Å². The van der Waals surface area contributed by atoms with Gasteiger partial charge in [-0.05, 0) is 30.9 Å². The number of likely N-dealkylation sites (tertiary alicyclic amines) is 1. The van der Waals surface area contributed by atoms with Gasteiger partial charge < -0.3 is 14.4 Å². The smallest absolute Gasteiger partial charge is 0.274 e. The van der Waals surface area contributed by atoms with E-state index in [-0.39, 0.29) is 23.9 Å². The lowest BCUT2D eigenvalue weighted by Gasteiger charge is -2.46. The van der Waals surface area contributed by atoms with E-state index in [9.17, 15) is 9.18 Å². The lowest BCUT2D eigenvalue weighted by atomic mass is 9.86. The number of aryl methyl sites for hydroxylation is 1. The number of aromatic nitrogens is 2. The van der Waals surface area contributed by atoms with Gasteiger partial charge in [-0.3, -0.25) is 9.48 Å². The zero-order valence-electron chi connectivity index (χ0n) is 15.4. The van der Waals surface area contributed by atoms with Crippen LogP contribution in [0.15, 0.2) is 36.5 Å². The van der Waals surface area contributed by atoms with E-state index in [1.54, 1.807) is 41.0 Å². The molecule has 1 atom stereocenters. The normalized spacial score (nSPS) is 20.8. The third-order valence-electron chi connectivity index (χ3n) is 5.35. The Balaban J connectivity index is 1.19. The molecule has 7 heteroatoms. The largest absolute Gasteiger partial charge is 0.377 e. The Hall–Kier alpha value is -2.25. The zero-order valence-corrected chi connectivity index (χ0v) is 15.4. The van der Waals surface area contributed by atoms with Crippen LogP contribution in [0, 0.1) is 11.7 Å². The van der Waals surface area contributed by atoms with Gasteiger partial charge in [0.05, 0.1) is 26.3 Å². The number of hydrogen-bond donors (Lipinski definition) is 0. The van der Waals surface area contributed by atoms with Crippen molar-refractivity contribution in [2.75, 3.05) is 26.3 Å². The van der Waals surface area contributed by atoms with Crippen molar-refractivity contribution in [3.05, 3.63) is 53.6 Å². The average molecular weight is 373 g/mol. The highest BCUT2D eigenvalue weighted by atomic mass is 19.1. The van der Waals surface area contributed by atoms with Gasteiger partial charge in [-0.2, -0.15) is 5.10 Å². The van der Waals surface area contributed by atoms with E-state index in [0.29, 0.717) is 43.5 Å². The second kappa shape index (κ2) is 7.40. The predicted octanol–water partition coefficient (Wildman–Crippen LogP) is 2.40. The number of rotatable bonds is 6. The third kappa shape index (κ3) is 3.89. The van der Waals surface area contributed by atoms with Gasteiger partial charge in [-0.15, -0.1) is 0 Å². The van der Waals surface area contributed by atoms with Gasteiger partial charge >= 0.3 is 0 Å². The molecule has 0 aliphatic carbocycles. The number of hydrogen-bond acceptors (Lipinski definition) is 4. The van der Waals surface area contributed by atoms with Crippen LogP contribution in [0.1, 0.15) is 28.9 Å². The van der Waals surface area contributed by atoms with E-state index in [4.69, 9.17) is 9.47 Å². The molecule has 3 heterocycles. The van der Waals surface area contributed by atoms with Crippen LogP contribution in [0.25, 0.3) is 0 Å².